The zero-order valence-electron chi connectivity index (χ0n) is 9.78. The van der Waals surface area contributed by atoms with Crippen LogP contribution in [0.25, 0.3) is 0 Å². The van der Waals surface area contributed by atoms with E-state index in [0.29, 0.717) is 29.2 Å². The van der Waals surface area contributed by atoms with Gasteiger partial charge in [0, 0.05) is 36.2 Å². The number of amides is 1. The van der Waals surface area contributed by atoms with Crippen LogP contribution in [-0.4, -0.2) is 24.5 Å². The second-order valence-electron chi connectivity index (χ2n) is 4.37. The Balaban J connectivity index is 2.07. The van der Waals surface area contributed by atoms with Crippen molar-refractivity contribution in [3.8, 4) is 11.5 Å². The Kier molecular flexibility index (Phi) is 2.19. The van der Waals surface area contributed by atoms with Crippen LogP contribution in [0.1, 0.15) is 22.8 Å². The molecule has 6 heteroatoms. The molecule has 94 valence electrons. The number of rotatable bonds is 1. The van der Waals surface area contributed by atoms with Crippen molar-refractivity contribution in [1.82, 2.24) is 5.32 Å². The van der Waals surface area contributed by atoms with Crippen LogP contribution in [0, 0.1) is 0 Å². The molecule has 0 fully saturated rings. The third-order valence-electron chi connectivity index (χ3n) is 3.14. The van der Waals surface area contributed by atoms with Crippen LogP contribution in [0.3, 0.4) is 0 Å². The molecule has 1 aliphatic carbocycles. The van der Waals surface area contributed by atoms with E-state index in [4.69, 9.17) is 15.2 Å². The van der Waals surface area contributed by atoms with E-state index in [0.717, 1.165) is 5.56 Å². The molecule has 1 atom stereocenters. The maximum absolute atomic E-state index is 12.2. The number of benzene rings is 1. The molecule has 1 aromatic carbocycles. The highest BCUT2D eigenvalue weighted by Crippen LogP contribution is 2.44. The van der Waals surface area contributed by atoms with Gasteiger partial charge in [0.05, 0.1) is 6.04 Å². The minimum Gasteiger partial charge on any atom is -0.454 e. The third-order valence-corrected chi connectivity index (χ3v) is 3.14. The van der Waals surface area contributed by atoms with E-state index in [1.807, 2.05) is 0 Å². The van der Waals surface area contributed by atoms with E-state index in [1.165, 1.54) is 6.92 Å². The van der Waals surface area contributed by atoms with Gasteiger partial charge in [-0.25, -0.2) is 0 Å². The van der Waals surface area contributed by atoms with Gasteiger partial charge in [0.1, 0.15) is 0 Å². The van der Waals surface area contributed by atoms with Crippen LogP contribution in [0.5, 0.6) is 11.5 Å². The second-order valence-corrected chi connectivity index (χ2v) is 4.37. The van der Waals surface area contributed by atoms with Crippen LogP contribution >= 0.6 is 0 Å². The molecule has 1 aliphatic heterocycles. The van der Waals surface area contributed by atoms with Crippen molar-refractivity contribution < 1.29 is 19.1 Å². The minimum atomic E-state index is -0.560. The van der Waals surface area contributed by atoms with Gasteiger partial charge in [-0.1, -0.05) is 0 Å². The van der Waals surface area contributed by atoms with E-state index in [1.54, 1.807) is 6.07 Å². The number of carbonyl (C=O) groups excluding carboxylic acids is 2. The summed E-state index contributed by atoms with van der Waals surface area (Å²) in [4.78, 5) is 23.2. The Labute approximate surface area is 103 Å². The van der Waals surface area contributed by atoms with E-state index >= 15 is 0 Å². The van der Waals surface area contributed by atoms with Gasteiger partial charge in [0.2, 0.25) is 12.7 Å². The fourth-order valence-electron chi connectivity index (χ4n) is 2.45. The number of ether oxygens (including phenoxy) is 2. The number of ketones is 1. The third kappa shape index (κ3) is 1.42. The van der Waals surface area contributed by atoms with E-state index in [-0.39, 0.29) is 18.5 Å². The molecule has 0 bridgehead atoms. The summed E-state index contributed by atoms with van der Waals surface area (Å²) >= 11 is 0. The molecule has 0 aromatic heterocycles. The lowest BCUT2D eigenvalue weighted by Crippen LogP contribution is -2.37. The highest BCUT2D eigenvalue weighted by Gasteiger charge is 2.38. The van der Waals surface area contributed by atoms with Crippen molar-refractivity contribution in [3.05, 3.63) is 17.2 Å². The van der Waals surface area contributed by atoms with Crippen LogP contribution in [0.4, 0.5) is 5.69 Å². The molecule has 1 aromatic rings. The van der Waals surface area contributed by atoms with Crippen molar-refractivity contribution in [1.29, 1.82) is 0 Å². The largest absolute Gasteiger partial charge is 0.454 e. The summed E-state index contributed by atoms with van der Waals surface area (Å²) in [7, 11) is 0. The zero-order chi connectivity index (χ0) is 12.9. The average Bonchev–Trinajstić information content (AvgIpc) is 2.84. The van der Waals surface area contributed by atoms with Crippen molar-refractivity contribution in [2.24, 2.45) is 0 Å². The van der Waals surface area contributed by atoms with Gasteiger partial charge in [0.25, 0.3) is 0 Å². The lowest BCUT2D eigenvalue weighted by molar-refractivity contribution is -0.119. The van der Waals surface area contributed by atoms with Crippen molar-refractivity contribution in [2.75, 3.05) is 12.5 Å². The predicted molar refractivity (Wildman–Crippen MR) is 62.6 cm³/mol. The number of hydrogen-bond donors (Lipinski definition) is 2. The van der Waals surface area contributed by atoms with Crippen molar-refractivity contribution in [3.63, 3.8) is 0 Å². The summed E-state index contributed by atoms with van der Waals surface area (Å²) < 4.78 is 10.6. The number of nitrogen functional groups attached to an aromatic ring is 1. The number of nitrogens with two attached hydrogens (primary N) is 1. The monoisotopic (exact) mass is 248 g/mol. The van der Waals surface area contributed by atoms with Gasteiger partial charge in [-0.2, -0.15) is 0 Å². The normalized spacial score (nSPS) is 19.8. The van der Waals surface area contributed by atoms with Gasteiger partial charge in [-0.15, -0.1) is 0 Å². The Morgan fingerprint density at radius 2 is 2.28 bits per heavy atom. The van der Waals surface area contributed by atoms with Gasteiger partial charge >= 0.3 is 0 Å². The van der Waals surface area contributed by atoms with Gasteiger partial charge in [0.15, 0.2) is 17.3 Å². The first kappa shape index (κ1) is 10.9. The Morgan fingerprint density at radius 3 is 3.00 bits per heavy atom. The molecule has 0 saturated heterocycles. The molecule has 0 saturated carbocycles. The van der Waals surface area contributed by atoms with Crippen LogP contribution in [0.15, 0.2) is 6.07 Å². The number of anilines is 1. The first-order chi connectivity index (χ1) is 8.58. The summed E-state index contributed by atoms with van der Waals surface area (Å²) in [5.41, 5.74) is 7.40. The standard InChI is InChI=1S/C12H12N2O4/c1-5(15)14-8-2-6-10(11(8)16)7(13)3-9-12(6)18-4-17-9/h3,8H,2,4,13H2,1H3,(H,14,15). The van der Waals surface area contributed by atoms with E-state index in [2.05, 4.69) is 5.32 Å². The molecule has 3 N–H and O–H groups in total. The topological polar surface area (TPSA) is 90.7 Å². The van der Waals surface area contributed by atoms with Gasteiger partial charge < -0.3 is 20.5 Å². The van der Waals surface area contributed by atoms with Crippen LogP contribution in [-0.2, 0) is 11.2 Å². The molecule has 2 aliphatic rings. The molecule has 1 unspecified atom stereocenters. The molecule has 0 spiro atoms. The Hall–Kier alpha value is -2.24. The highest BCUT2D eigenvalue weighted by molar-refractivity contribution is 6.10. The number of Topliss-reactive ketones (excluding diaryl/α,β-unsaturated/α-hetero) is 1. The molecule has 1 amide bonds. The summed E-state index contributed by atoms with van der Waals surface area (Å²) in [5, 5.41) is 2.62. The summed E-state index contributed by atoms with van der Waals surface area (Å²) in [5.74, 6) is 0.715. The summed E-state index contributed by atoms with van der Waals surface area (Å²) in [6.07, 6.45) is 0.393. The van der Waals surface area contributed by atoms with Crippen LogP contribution < -0.4 is 20.5 Å². The van der Waals surface area contributed by atoms with Crippen LogP contribution in [0.2, 0.25) is 0 Å². The average molecular weight is 248 g/mol. The van der Waals surface area contributed by atoms with Gasteiger partial charge in [-0.3, -0.25) is 9.59 Å². The predicted octanol–water partition coefficient (Wildman–Crippen LogP) is 0.241. The maximum atomic E-state index is 12.2. The highest BCUT2D eigenvalue weighted by atomic mass is 16.7. The van der Waals surface area contributed by atoms with Crippen molar-refractivity contribution in [2.45, 2.75) is 19.4 Å². The Bertz CT molecular complexity index is 568. The number of carbonyl (C=O) groups is 2. The fraction of sp³-hybridized carbons (Fsp3) is 0.333. The number of hydrogen-bond acceptors (Lipinski definition) is 5. The first-order valence-corrected chi connectivity index (χ1v) is 5.60. The number of nitrogens with one attached hydrogen (secondary N) is 1. The molecular formula is C12H12N2O4. The second kappa shape index (κ2) is 3.63. The first-order valence-electron chi connectivity index (χ1n) is 5.60. The molecule has 1 heterocycles. The SMILES string of the molecule is CC(=O)NC1Cc2c3c(cc(N)c2C1=O)OCO3. The van der Waals surface area contributed by atoms with E-state index in [9.17, 15) is 9.59 Å². The molecule has 6 nitrogen and oxygen atoms in total. The molecule has 18 heavy (non-hydrogen) atoms. The van der Waals surface area contributed by atoms with E-state index < -0.39 is 6.04 Å². The summed E-state index contributed by atoms with van der Waals surface area (Å²) in [6.45, 7) is 1.51. The fourth-order valence-corrected chi connectivity index (χ4v) is 2.45. The van der Waals surface area contributed by atoms with Crippen molar-refractivity contribution >= 4 is 17.4 Å². The Morgan fingerprint density at radius 1 is 1.50 bits per heavy atom. The zero-order valence-corrected chi connectivity index (χ0v) is 9.78. The quantitative estimate of drug-likeness (QED) is 0.695. The lowest BCUT2D eigenvalue weighted by Gasteiger charge is -2.07. The smallest absolute Gasteiger partial charge is 0.231 e. The summed E-state index contributed by atoms with van der Waals surface area (Å²) in [6, 6.07) is 1.03. The number of fused-ring (bicyclic) bond motifs is 3. The maximum Gasteiger partial charge on any atom is 0.231 e. The lowest BCUT2D eigenvalue weighted by atomic mass is 10.1. The molecular weight excluding hydrogens is 236 g/mol. The van der Waals surface area contributed by atoms with Gasteiger partial charge in [-0.05, 0) is 0 Å². The molecule has 0 radical (unpaired) electrons. The molecule has 3 rings (SSSR count). The minimum absolute atomic E-state index is 0.129.